The Balaban J connectivity index is 1.72. The monoisotopic (exact) mass is 467 g/mol. The van der Waals surface area contributed by atoms with Crippen molar-refractivity contribution in [1.82, 2.24) is 35.1 Å². The van der Waals surface area contributed by atoms with Crippen LogP contribution < -0.4 is 5.32 Å². The predicted octanol–water partition coefficient (Wildman–Crippen LogP) is 3.83. The highest BCUT2D eigenvalue weighted by atomic mass is 79.9. The summed E-state index contributed by atoms with van der Waals surface area (Å²) in [6.07, 6.45) is 2.23. The summed E-state index contributed by atoms with van der Waals surface area (Å²) in [5.41, 5.74) is 3.03. The van der Waals surface area contributed by atoms with Gasteiger partial charge in [0.05, 0.1) is 28.3 Å². The Labute approximate surface area is 182 Å². The van der Waals surface area contributed by atoms with Gasteiger partial charge in [-0.25, -0.2) is 4.98 Å². The summed E-state index contributed by atoms with van der Waals surface area (Å²) >= 11 is 3.46. The predicted molar refractivity (Wildman–Crippen MR) is 117 cm³/mol. The molecule has 1 amide bonds. The van der Waals surface area contributed by atoms with Gasteiger partial charge < -0.3 is 9.88 Å². The van der Waals surface area contributed by atoms with Crippen molar-refractivity contribution in [2.45, 2.75) is 26.3 Å². The van der Waals surface area contributed by atoms with Crippen molar-refractivity contribution in [2.75, 3.05) is 0 Å². The zero-order valence-corrected chi connectivity index (χ0v) is 18.5. The van der Waals surface area contributed by atoms with Crippen molar-refractivity contribution >= 4 is 32.9 Å². The van der Waals surface area contributed by atoms with Gasteiger partial charge in [0.25, 0.3) is 5.91 Å². The molecule has 2 aromatic carbocycles. The van der Waals surface area contributed by atoms with Crippen LogP contribution in [0.1, 0.15) is 42.5 Å². The third-order valence-corrected chi connectivity index (χ3v) is 5.44. The molecule has 0 spiro atoms. The van der Waals surface area contributed by atoms with Crippen molar-refractivity contribution in [3.63, 3.8) is 0 Å². The van der Waals surface area contributed by atoms with E-state index in [1.807, 2.05) is 48.0 Å². The number of aromatic nitrogens is 6. The van der Waals surface area contributed by atoms with E-state index in [0.29, 0.717) is 17.2 Å². The minimum atomic E-state index is -0.240. The molecule has 0 fully saturated rings. The molecule has 0 saturated carbocycles. The number of rotatable bonds is 6. The number of para-hydroxylation sites is 2. The van der Waals surface area contributed by atoms with Crippen LogP contribution in [-0.4, -0.2) is 35.7 Å². The van der Waals surface area contributed by atoms with Gasteiger partial charge in [0, 0.05) is 11.5 Å². The topological polar surface area (TPSA) is 90.5 Å². The highest BCUT2D eigenvalue weighted by Gasteiger charge is 2.24. The summed E-state index contributed by atoms with van der Waals surface area (Å²) in [6.45, 7) is 4.26. The molecule has 2 aromatic heterocycles. The SMILES string of the molecule is CC(C)CC(NC(=O)c1cc(Br)ccc1-n1cnnn1)c1nc2ccccc2n1C. The van der Waals surface area contributed by atoms with Gasteiger partial charge in [0.15, 0.2) is 0 Å². The summed E-state index contributed by atoms with van der Waals surface area (Å²) in [4.78, 5) is 18.2. The zero-order valence-electron chi connectivity index (χ0n) is 17.0. The first-order valence-corrected chi connectivity index (χ1v) is 10.5. The maximum Gasteiger partial charge on any atom is 0.254 e. The number of carbonyl (C=O) groups is 1. The fourth-order valence-corrected chi connectivity index (χ4v) is 3.93. The van der Waals surface area contributed by atoms with Gasteiger partial charge in [0.2, 0.25) is 0 Å². The van der Waals surface area contributed by atoms with Crippen molar-refractivity contribution in [1.29, 1.82) is 0 Å². The van der Waals surface area contributed by atoms with Crippen molar-refractivity contribution in [2.24, 2.45) is 13.0 Å². The minimum Gasteiger partial charge on any atom is -0.342 e. The van der Waals surface area contributed by atoms with E-state index < -0.39 is 0 Å². The van der Waals surface area contributed by atoms with E-state index in [2.05, 4.69) is 50.6 Å². The van der Waals surface area contributed by atoms with Gasteiger partial charge in [0.1, 0.15) is 12.2 Å². The number of halogens is 1. The Morgan fingerprint density at radius 2 is 2.00 bits per heavy atom. The lowest BCUT2D eigenvalue weighted by Crippen LogP contribution is -2.32. The molecule has 1 unspecified atom stereocenters. The number of nitrogens with one attached hydrogen (secondary N) is 1. The summed E-state index contributed by atoms with van der Waals surface area (Å²) in [6, 6.07) is 13.2. The lowest BCUT2D eigenvalue weighted by atomic mass is 10.0. The second-order valence-electron chi connectivity index (χ2n) is 7.59. The average molecular weight is 468 g/mol. The number of carbonyl (C=O) groups excluding carboxylic acids is 1. The Morgan fingerprint density at radius 1 is 1.20 bits per heavy atom. The number of hydrogen-bond acceptors (Lipinski definition) is 5. The van der Waals surface area contributed by atoms with E-state index in [4.69, 9.17) is 4.98 Å². The fraction of sp³-hybridized carbons (Fsp3) is 0.286. The second-order valence-corrected chi connectivity index (χ2v) is 8.50. The first kappa shape index (κ1) is 20.2. The number of imidazole rings is 1. The van der Waals surface area contributed by atoms with Gasteiger partial charge in [-0.1, -0.05) is 41.9 Å². The number of tetrazole rings is 1. The van der Waals surface area contributed by atoms with Crippen molar-refractivity contribution in [3.05, 3.63) is 64.7 Å². The Morgan fingerprint density at radius 3 is 2.70 bits per heavy atom. The summed E-state index contributed by atoms with van der Waals surface area (Å²) in [7, 11) is 1.98. The summed E-state index contributed by atoms with van der Waals surface area (Å²) < 4.78 is 4.33. The van der Waals surface area contributed by atoms with Gasteiger partial charge in [-0.05, 0) is 53.1 Å². The van der Waals surface area contributed by atoms with E-state index in [0.717, 1.165) is 27.8 Å². The van der Waals surface area contributed by atoms with E-state index in [1.165, 1.54) is 11.0 Å². The van der Waals surface area contributed by atoms with Crippen LogP contribution in [0.5, 0.6) is 0 Å². The molecule has 30 heavy (non-hydrogen) atoms. The molecule has 4 rings (SSSR count). The number of amides is 1. The lowest BCUT2D eigenvalue weighted by molar-refractivity contribution is 0.0929. The quantitative estimate of drug-likeness (QED) is 0.465. The number of benzene rings is 2. The van der Waals surface area contributed by atoms with Crippen LogP contribution >= 0.6 is 15.9 Å². The second kappa shape index (κ2) is 8.35. The zero-order chi connectivity index (χ0) is 21.3. The van der Waals surface area contributed by atoms with Crippen LogP contribution in [0.25, 0.3) is 16.7 Å². The van der Waals surface area contributed by atoms with Crippen molar-refractivity contribution < 1.29 is 4.79 Å². The molecule has 0 aliphatic rings. The maximum absolute atomic E-state index is 13.4. The van der Waals surface area contributed by atoms with E-state index in [-0.39, 0.29) is 11.9 Å². The number of nitrogens with zero attached hydrogens (tertiary/aromatic N) is 6. The first-order chi connectivity index (χ1) is 14.4. The maximum atomic E-state index is 13.4. The molecular weight excluding hydrogens is 446 g/mol. The van der Waals surface area contributed by atoms with Gasteiger partial charge in [-0.2, -0.15) is 4.68 Å². The van der Waals surface area contributed by atoms with Crippen LogP contribution in [0.2, 0.25) is 0 Å². The Kier molecular flexibility index (Phi) is 5.63. The number of hydrogen-bond donors (Lipinski definition) is 1. The third kappa shape index (κ3) is 3.97. The molecular formula is C21H22BrN7O. The first-order valence-electron chi connectivity index (χ1n) is 9.69. The summed E-state index contributed by atoms with van der Waals surface area (Å²) in [5, 5.41) is 14.5. The largest absolute Gasteiger partial charge is 0.342 e. The molecule has 8 nitrogen and oxygen atoms in total. The molecule has 0 saturated heterocycles. The molecule has 9 heteroatoms. The van der Waals surface area contributed by atoms with Crippen LogP contribution in [0.15, 0.2) is 53.3 Å². The average Bonchev–Trinajstić information content (AvgIpc) is 3.36. The number of aryl methyl sites for hydroxylation is 1. The Bertz CT molecular complexity index is 1180. The van der Waals surface area contributed by atoms with Gasteiger partial charge >= 0.3 is 0 Å². The molecule has 0 aliphatic carbocycles. The lowest BCUT2D eigenvalue weighted by Gasteiger charge is -2.21. The molecule has 0 bridgehead atoms. The third-order valence-electron chi connectivity index (χ3n) is 4.94. The molecule has 2 heterocycles. The highest BCUT2D eigenvalue weighted by Crippen LogP contribution is 2.26. The molecule has 4 aromatic rings. The van der Waals surface area contributed by atoms with E-state index in [9.17, 15) is 4.79 Å². The van der Waals surface area contributed by atoms with E-state index >= 15 is 0 Å². The van der Waals surface area contributed by atoms with E-state index in [1.54, 1.807) is 6.07 Å². The Hall–Kier alpha value is -3.07. The summed E-state index contributed by atoms with van der Waals surface area (Å²) in [5.74, 6) is 0.994. The van der Waals surface area contributed by atoms with Crippen LogP contribution in [-0.2, 0) is 7.05 Å². The van der Waals surface area contributed by atoms with Gasteiger partial charge in [-0.3, -0.25) is 4.79 Å². The standard InChI is InChI=1S/C21H22BrN7O/c1-13(2)10-17(20-24-16-6-4-5-7-19(16)28(20)3)25-21(30)15-11-14(22)8-9-18(15)29-12-23-26-27-29/h4-9,11-13,17H,10H2,1-3H3,(H,25,30). The van der Waals surface area contributed by atoms with Crippen LogP contribution in [0.3, 0.4) is 0 Å². The molecule has 1 atom stereocenters. The fourth-order valence-electron chi connectivity index (χ4n) is 3.57. The van der Waals surface area contributed by atoms with Crippen molar-refractivity contribution in [3.8, 4) is 5.69 Å². The highest BCUT2D eigenvalue weighted by molar-refractivity contribution is 9.10. The van der Waals surface area contributed by atoms with Gasteiger partial charge in [-0.15, -0.1) is 5.10 Å². The number of fused-ring (bicyclic) bond motifs is 1. The minimum absolute atomic E-state index is 0.209. The smallest absolute Gasteiger partial charge is 0.254 e. The molecule has 154 valence electrons. The van der Waals surface area contributed by atoms with Crippen LogP contribution in [0.4, 0.5) is 0 Å². The molecule has 1 N–H and O–H groups in total. The molecule has 0 aliphatic heterocycles. The normalized spacial score (nSPS) is 12.4. The molecule has 0 radical (unpaired) electrons. The van der Waals surface area contributed by atoms with Crippen LogP contribution in [0, 0.1) is 5.92 Å².